The summed E-state index contributed by atoms with van der Waals surface area (Å²) >= 11 is 0. The monoisotopic (exact) mass is 194 g/mol. The number of H-pyrrole nitrogens is 1. The van der Waals surface area contributed by atoms with Crippen molar-refractivity contribution in [2.45, 2.75) is 38.8 Å². The summed E-state index contributed by atoms with van der Waals surface area (Å²) in [7, 11) is 1.66. The molecule has 0 amide bonds. The van der Waals surface area contributed by atoms with Gasteiger partial charge in [-0.2, -0.15) is 5.10 Å². The average Bonchev–Trinajstić information content (AvgIpc) is 2.50. The Morgan fingerprint density at radius 3 is 2.50 bits per heavy atom. The summed E-state index contributed by atoms with van der Waals surface area (Å²) in [6, 6.07) is 0. The molecule has 14 heavy (non-hydrogen) atoms. The van der Waals surface area contributed by atoms with E-state index in [4.69, 9.17) is 10.4 Å². The van der Waals surface area contributed by atoms with E-state index >= 15 is 0 Å². The lowest BCUT2D eigenvalue weighted by atomic mass is 9.82. The Morgan fingerprint density at radius 1 is 1.43 bits per heavy atom. The van der Waals surface area contributed by atoms with E-state index in [2.05, 4.69) is 10.2 Å². The minimum atomic E-state index is -0.412. The molecule has 0 saturated carbocycles. The van der Waals surface area contributed by atoms with Gasteiger partial charge in [0.15, 0.2) is 0 Å². The summed E-state index contributed by atoms with van der Waals surface area (Å²) in [5, 5.41) is 6.53. The second-order valence-electron chi connectivity index (χ2n) is 4.50. The first-order chi connectivity index (χ1) is 6.33. The van der Waals surface area contributed by atoms with Gasteiger partial charge in [-0.3, -0.25) is 5.10 Å². The molecule has 0 saturated heterocycles. The van der Waals surface area contributed by atoms with Crippen LogP contribution in [0.2, 0.25) is 0 Å². The number of nitrogens with one attached hydrogen (secondary N) is 1. The molecule has 77 valence electrons. The summed E-state index contributed by atoms with van der Waals surface area (Å²) < 4.78 is 5.63. The second-order valence-corrected chi connectivity index (χ2v) is 4.50. The van der Waals surface area contributed by atoms with Crippen molar-refractivity contribution in [3.8, 4) is 0 Å². The molecular formula is C9H17BN3O. The molecule has 0 aromatic carbocycles. The molecule has 1 radical (unpaired) electrons. The third-order valence-corrected chi connectivity index (χ3v) is 2.56. The molecule has 0 aliphatic rings. The van der Waals surface area contributed by atoms with Crippen LogP contribution >= 0.6 is 0 Å². The summed E-state index contributed by atoms with van der Waals surface area (Å²) in [6.45, 7) is 7.81. The minimum Gasteiger partial charge on any atom is -0.428 e. The van der Waals surface area contributed by atoms with Crippen molar-refractivity contribution in [3.63, 3.8) is 0 Å². The van der Waals surface area contributed by atoms with E-state index in [1.165, 1.54) is 0 Å². The number of rotatable bonds is 4. The maximum atomic E-state index is 5.98. The van der Waals surface area contributed by atoms with Crippen molar-refractivity contribution in [2.24, 2.45) is 5.73 Å². The maximum Gasteiger partial charge on any atom is 0.334 e. The van der Waals surface area contributed by atoms with Gasteiger partial charge in [0.1, 0.15) is 0 Å². The Kier molecular flexibility index (Phi) is 3.02. The zero-order valence-electron chi connectivity index (χ0n) is 9.16. The van der Waals surface area contributed by atoms with Gasteiger partial charge in [0.25, 0.3) is 0 Å². The lowest BCUT2D eigenvalue weighted by Gasteiger charge is -2.38. The molecular weight excluding hydrogens is 177 g/mol. The summed E-state index contributed by atoms with van der Waals surface area (Å²) in [4.78, 5) is 0. The molecule has 0 atom stereocenters. The van der Waals surface area contributed by atoms with Gasteiger partial charge >= 0.3 is 7.48 Å². The fourth-order valence-corrected chi connectivity index (χ4v) is 0.693. The van der Waals surface area contributed by atoms with Crippen molar-refractivity contribution in [1.29, 1.82) is 0 Å². The molecule has 0 aliphatic carbocycles. The lowest BCUT2D eigenvalue weighted by Crippen LogP contribution is -2.55. The van der Waals surface area contributed by atoms with Gasteiger partial charge < -0.3 is 10.4 Å². The quantitative estimate of drug-likeness (QED) is 0.672. The van der Waals surface area contributed by atoms with E-state index in [0.717, 1.165) is 5.46 Å². The molecule has 5 heteroatoms. The largest absolute Gasteiger partial charge is 0.428 e. The Labute approximate surface area is 85.5 Å². The molecule has 4 nitrogen and oxygen atoms in total. The second kappa shape index (κ2) is 3.75. The molecule has 1 rings (SSSR count). The van der Waals surface area contributed by atoms with Crippen LogP contribution in [-0.4, -0.2) is 28.8 Å². The van der Waals surface area contributed by atoms with E-state index in [1.54, 1.807) is 19.9 Å². The highest BCUT2D eigenvalue weighted by molar-refractivity contribution is 6.46. The number of nitrogens with zero attached hydrogens (tertiary/aromatic N) is 1. The summed E-state index contributed by atoms with van der Waals surface area (Å²) in [5.74, 6) is 0. The average molecular weight is 194 g/mol. The standard InChI is InChI=1S/C9H17BN3O/c1-8(2,11)9(3,4)14-10-7-5-12-13-6-7/h5-6H,11H2,1-4H3,(H,12,13). The van der Waals surface area contributed by atoms with Gasteiger partial charge in [-0.15, -0.1) is 0 Å². The number of nitrogens with two attached hydrogens (primary N) is 1. The maximum absolute atomic E-state index is 5.98. The fourth-order valence-electron chi connectivity index (χ4n) is 0.693. The molecule has 1 aromatic rings. The van der Waals surface area contributed by atoms with Crippen LogP contribution in [0, 0.1) is 0 Å². The Hall–Kier alpha value is -0.805. The van der Waals surface area contributed by atoms with Crippen LogP contribution in [0.1, 0.15) is 27.7 Å². The van der Waals surface area contributed by atoms with Gasteiger partial charge in [0.2, 0.25) is 0 Å². The number of hydrogen-bond donors (Lipinski definition) is 2. The first-order valence-corrected chi connectivity index (χ1v) is 4.62. The molecule has 1 aromatic heterocycles. The van der Waals surface area contributed by atoms with Crippen LogP contribution < -0.4 is 11.2 Å². The minimum absolute atomic E-state index is 0.396. The highest BCUT2D eigenvalue weighted by atomic mass is 16.5. The van der Waals surface area contributed by atoms with Gasteiger partial charge in [-0.05, 0) is 33.2 Å². The topological polar surface area (TPSA) is 63.9 Å². The van der Waals surface area contributed by atoms with Crippen molar-refractivity contribution in [2.75, 3.05) is 0 Å². The molecule has 0 unspecified atom stereocenters. The van der Waals surface area contributed by atoms with Crippen molar-refractivity contribution in [1.82, 2.24) is 10.2 Å². The van der Waals surface area contributed by atoms with Crippen molar-refractivity contribution < 1.29 is 4.65 Å². The molecule has 0 spiro atoms. The third-order valence-electron chi connectivity index (χ3n) is 2.56. The predicted molar refractivity (Wildman–Crippen MR) is 57.4 cm³/mol. The lowest BCUT2D eigenvalue weighted by molar-refractivity contribution is 0.0462. The Balaban J connectivity index is 2.53. The number of aromatic nitrogens is 2. The molecule has 0 fully saturated rings. The SMILES string of the molecule is CC(C)(N)C(C)(C)O[B]c1cn[nH]c1. The summed E-state index contributed by atoms with van der Waals surface area (Å²) in [5.41, 5.74) is 6.08. The van der Waals surface area contributed by atoms with Crippen LogP contribution in [0.15, 0.2) is 12.4 Å². The van der Waals surface area contributed by atoms with E-state index in [0.29, 0.717) is 0 Å². The fraction of sp³-hybridized carbons (Fsp3) is 0.667. The van der Waals surface area contributed by atoms with E-state index in [1.807, 2.05) is 27.7 Å². The van der Waals surface area contributed by atoms with Gasteiger partial charge in [0, 0.05) is 17.9 Å². The first-order valence-electron chi connectivity index (χ1n) is 4.62. The zero-order valence-corrected chi connectivity index (χ0v) is 9.16. The Morgan fingerprint density at radius 2 is 2.07 bits per heavy atom. The van der Waals surface area contributed by atoms with Gasteiger partial charge in [-0.1, -0.05) is 0 Å². The van der Waals surface area contributed by atoms with E-state index in [-0.39, 0.29) is 0 Å². The highest BCUT2D eigenvalue weighted by Gasteiger charge is 2.34. The molecule has 3 N–H and O–H groups in total. The zero-order chi connectivity index (χ0) is 10.8. The van der Waals surface area contributed by atoms with Crippen molar-refractivity contribution in [3.05, 3.63) is 12.4 Å². The number of aromatic amines is 1. The summed E-state index contributed by atoms with van der Waals surface area (Å²) in [6.07, 6.45) is 3.46. The van der Waals surface area contributed by atoms with Crippen LogP contribution in [0.3, 0.4) is 0 Å². The van der Waals surface area contributed by atoms with Crippen LogP contribution in [-0.2, 0) is 4.65 Å². The predicted octanol–water partition coefficient (Wildman–Crippen LogP) is 0.187. The molecule has 1 heterocycles. The Bertz CT molecular complexity index is 277. The van der Waals surface area contributed by atoms with Crippen LogP contribution in [0.5, 0.6) is 0 Å². The van der Waals surface area contributed by atoms with Crippen LogP contribution in [0.25, 0.3) is 0 Å². The van der Waals surface area contributed by atoms with E-state index in [9.17, 15) is 0 Å². The first kappa shape index (κ1) is 11.3. The van der Waals surface area contributed by atoms with Crippen molar-refractivity contribution >= 4 is 12.9 Å². The smallest absolute Gasteiger partial charge is 0.334 e. The number of hydrogen-bond acceptors (Lipinski definition) is 3. The highest BCUT2D eigenvalue weighted by Crippen LogP contribution is 2.21. The van der Waals surface area contributed by atoms with Gasteiger partial charge in [-0.25, -0.2) is 0 Å². The molecule has 0 aliphatic heterocycles. The molecule has 0 bridgehead atoms. The van der Waals surface area contributed by atoms with Crippen LogP contribution in [0.4, 0.5) is 0 Å². The van der Waals surface area contributed by atoms with E-state index < -0.39 is 11.1 Å². The van der Waals surface area contributed by atoms with Gasteiger partial charge in [0.05, 0.1) is 5.60 Å². The normalized spacial score (nSPS) is 12.9. The third kappa shape index (κ3) is 2.59.